The summed E-state index contributed by atoms with van der Waals surface area (Å²) in [6.07, 6.45) is 0.172. The lowest BCUT2D eigenvalue weighted by atomic mass is 10.1. The number of carboxylic acids is 1. The van der Waals surface area contributed by atoms with Crippen LogP contribution in [0, 0.1) is 0 Å². The third-order valence-electron chi connectivity index (χ3n) is 2.62. The van der Waals surface area contributed by atoms with E-state index in [1.165, 1.54) is 19.1 Å². The molecule has 0 aromatic heterocycles. The first kappa shape index (κ1) is 16.4. The van der Waals surface area contributed by atoms with E-state index >= 15 is 0 Å². The SMILES string of the molecule is C=C(C)C[C@H](NC(=O)c1ccc(NC(C)=O)cc1)C(=O)O. The number of nitrogens with one attached hydrogen (secondary N) is 2. The zero-order valence-electron chi connectivity index (χ0n) is 12.0. The van der Waals surface area contributed by atoms with Gasteiger partial charge in [-0.05, 0) is 37.6 Å². The second-order valence-electron chi connectivity index (χ2n) is 4.78. The van der Waals surface area contributed by atoms with Gasteiger partial charge in [0.05, 0.1) is 0 Å². The number of carbonyl (C=O) groups excluding carboxylic acids is 2. The van der Waals surface area contributed by atoms with Crippen molar-refractivity contribution in [3.63, 3.8) is 0 Å². The average molecular weight is 290 g/mol. The van der Waals surface area contributed by atoms with Crippen molar-refractivity contribution in [3.05, 3.63) is 42.0 Å². The van der Waals surface area contributed by atoms with Crippen molar-refractivity contribution in [2.75, 3.05) is 5.32 Å². The van der Waals surface area contributed by atoms with Crippen molar-refractivity contribution < 1.29 is 19.5 Å². The van der Waals surface area contributed by atoms with Gasteiger partial charge < -0.3 is 15.7 Å². The van der Waals surface area contributed by atoms with Gasteiger partial charge in [-0.3, -0.25) is 9.59 Å². The molecule has 6 nitrogen and oxygen atoms in total. The molecule has 21 heavy (non-hydrogen) atoms. The summed E-state index contributed by atoms with van der Waals surface area (Å²) in [6, 6.07) is 5.17. The number of aliphatic carboxylic acids is 1. The summed E-state index contributed by atoms with van der Waals surface area (Å²) in [5.74, 6) is -1.81. The molecule has 0 unspecified atom stereocenters. The first-order valence-electron chi connectivity index (χ1n) is 6.35. The topological polar surface area (TPSA) is 95.5 Å². The van der Waals surface area contributed by atoms with Crippen LogP contribution in [0.1, 0.15) is 30.6 Å². The lowest BCUT2D eigenvalue weighted by Crippen LogP contribution is -2.40. The predicted molar refractivity (Wildman–Crippen MR) is 79.1 cm³/mol. The van der Waals surface area contributed by atoms with E-state index in [1.807, 2.05) is 0 Å². The normalized spacial score (nSPS) is 11.3. The summed E-state index contributed by atoms with van der Waals surface area (Å²) in [5.41, 5.74) is 1.55. The molecule has 0 aliphatic heterocycles. The van der Waals surface area contributed by atoms with E-state index < -0.39 is 17.9 Å². The minimum Gasteiger partial charge on any atom is -0.480 e. The van der Waals surface area contributed by atoms with Crippen molar-refractivity contribution in [2.45, 2.75) is 26.3 Å². The highest BCUT2D eigenvalue weighted by Gasteiger charge is 2.20. The van der Waals surface area contributed by atoms with Crippen LogP contribution >= 0.6 is 0 Å². The number of hydrogen-bond donors (Lipinski definition) is 3. The highest BCUT2D eigenvalue weighted by molar-refractivity contribution is 5.97. The van der Waals surface area contributed by atoms with E-state index in [2.05, 4.69) is 17.2 Å². The Kier molecular flexibility index (Phi) is 5.66. The molecule has 1 aromatic rings. The number of hydrogen-bond acceptors (Lipinski definition) is 3. The van der Waals surface area contributed by atoms with Gasteiger partial charge in [0, 0.05) is 18.2 Å². The Morgan fingerprint density at radius 3 is 2.19 bits per heavy atom. The maximum atomic E-state index is 12.0. The fraction of sp³-hybridized carbons (Fsp3) is 0.267. The Balaban J connectivity index is 2.76. The Hall–Kier alpha value is -2.63. The predicted octanol–water partition coefficient (Wildman–Crippen LogP) is 1.79. The third kappa shape index (κ3) is 5.48. The summed E-state index contributed by atoms with van der Waals surface area (Å²) in [7, 11) is 0. The first-order chi connectivity index (χ1) is 9.79. The van der Waals surface area contributed by atoms with Gasteiger partial charge in [0.2, 0.25) is 5.91 Å². The fourth-order valence-electron chi connectivity index (χ4n) is 1.70. The quantitative estimate of drug-likeness (QED) is 0.696. The summed E-state index contributed by atoms with van der Waals surface area (Å²) in [5, 5.41) is 14.1. The molecule has 6 heteroatoms. The molecule has 0 aliphatic rings. The molecule has 0 heterocycles. The first-order valence-corrected chi connectivity index (χ1v) is 6.35. The van der Waals surface area contributed by atoms with Crippen LogP contribution in [0.2, 0.25) is 0 Å². The van der Waals surface area contributed by atoms with Crippen LogP contribution in [0.25, 0.3) is 0 Å². The second kappa shape index (κ2) is 7.23. The lowest BCUT2D eigenvalue weighted by molar-refractivity contribution is -0.139. The molecule has 0 spiro atoms. The van der Waals surface area contributed by atoms with Crippen molar-refractivity contribution in [2.24, 2.45) is 0 Å². The largest absolute Gasteiger partial charge is 0.480 e. The molecule has 0 aliphatic carbocycles. The molecule has 2 amide bonds. The minimum absolute atomic E-state index is 0.172. The van der Waals surface area contributed by atoms with Gasteiger partial charge in [-0.15, -0.1) is 6.58 Å². The highest BCUT2D eigenvalue weighted by atomic mass is 16.4. The van der Waals surface area contributed by atoms with Crippen LogP contribution in [-0.4, -0.2) is 28.9 Å². The molecule has 1 atom stereocenters. The Labute approximate surface area is 122 Å². The number of anilines is 1. The molecule has 3 N–H and O–H groups in total. The van der Waals surface area contributed by atoms with Gasteiger partial charge in [-0.2, -0.15) is 0 Å². The average Bonchev–Trinajstić information content (AvgIpc) is 2.37. The Morgan fingerprint density at radius 1 is 1.19 bits per heavy atom. The zero-order chi connectivity index (χ0) is 16.0. The maximum absolute atomic E-state index is 12.0. The number of rotatable bonds is 6. The van der Waals surface area contributed by atoms with Crippen molar-refractivity contribution in [1.82, 2.24) is 5.32 Å². The van der Waals surface area contributed by atoms with E-state index in [0.717, 1.165) is 0 Å². The molecular weight excluding hydrogens is 272 g/mol. The molecule has 0 radical (unpaired) electrons. The van der Waals surface area contributed by atoms with Gasteiger partial charge in [0.15, 0.2) is 0 Å². The van der Waals surface area contributed by atoms with E-state index in [-0.39, 0.29) is 12.3 Å². The van der Waals surface area contributed by atoms with E-state index in [4.69, 9.17) is 5.11 Å². The van der Waals surface area contributed by atoms with Gasteiger partial charge in [-0.1, -0.05) is 5.57 Å². The lowest BCUT2D eigenvalue weighted by Gasteiger charge is -2.14. The van der Waals surface area contributed by atoms with E-state index in [0.29, 0.717) is 16.8 Å². The Bertz CT molecular complexity index is 564. The van der Waals surface area contributed by atoms with Crippen LogP contribution in [0.3, 0.4) is 0 Å². The van der Waals surface area contributed by atoms with Gasteiger partial charge >= 0.3 is 5.97 Å². The van der Waals surface area contributed by atoms with Crippen LogP contribution in [0.5, 0.6) is 0 Å². The molecule has 1 aromatic carbocycles. The number of amides is 2. The molecule has 0 saturated heterocycles. The molecule has 1 rings (SSSR count). The molecule has 0 fully saturated rings. The van der Waals surface area contributed by atoms with E-state index in [9.17, 15) is 14.4 Å². The smallest absolute Gasteiger partial charge is 0.326 e. The maximum Gasteiger partial charge on any atom is 0.326 e. The summed E-state index contributed by atoms with van der Waals surface area (Å²) in [4.78, 5) is 33.9. The van der Waals surface area contributed by atoms with Crippen molar-refractivity contribution in [3.8, 4) is 0 Å². The van der Waals surface area contributed by atoms with Gasteiger partial charge in [0.25, 0.3) is 5.91 Å². The van der Waals surface area contributed by atoms with Crippen LogP contribution in [0.15, 0.2) is 36.4 Å². The van der Waals surface area contributed by atoms with Crippen LogP contribution < -0.4 is 10.6 Å². The molecular formula is C15H18N2O4. The summed E-state index contributed by atoms with van der Waals surface area (Å²) < 4.78 is 0. The molecule has 112 valence electrons. The minimum atomic E-state index is -1.11. The summed E-state index contributed by atoms with van der Waals surface area (Å²) >= 11 is 0. The highest BCUT2D eigenvalue weighted by Crippen LogP contribution is 2.10. The van der Waals surface area contributed by atoms with Crippen LogP contribution in [-0.2, 0) is 9.59 Å². The molecule has 0 saturated carbocycles. The summed E-state index contributed by atoms with van der Waals surface area (Å²) in [6.45, 7) is 6.73. The number of carboxylic acid groups (broad SMARTS) is 1. The second-order valence-corrected chi connectivity index (χ2v) is 4.78. The zero-order valence-corrected chi connectivity index (χ0v) is 12.0. The fourth-order valence-corrected chi connectivity index (χ4v) is 1.70. The standard InChI is InChI=1S/C15H18N2O4/c1-9(2)8-13(15(20)21)17-14(19)11-4-6-12(7-5-11)16-10(3)18/h4-7,13H,1,8H2,2-3H3,(H,16,18)(H,17,19)(H,20,21)/t13-/m0/s1. The van der Waals surface area contributed by atoms with Gasteiger partial charge in [-0.25, -0.2) is 4.79 Å². The monoisotopic (exact) mass is 290 g/mol. The van der Waals surface area contributed by atoms with E-state index in [1.54, 1.807) is 19.1 Å². The number of carbonyl (C=O) groups is 3. The van der Waals surface area contributed by atoms with Crippen LogP contribution in [0.4, 0.5) is 5.69 Å². The van der Waals surface area contributed by atoms with Crippen molar-refractivity contribution >= 4 is 23.5 Å². The third-order valence-corrected chi connectivity index (χ3v) is 2.62. The number of benzene rings is 1. The Morgan fingerprint density at radius 2 is 1.76 bits per heavy atom. The van der Waals surface area contributed by atoms with Crippen molar-refractivity contribution in [1.29, 1.82) is 0 Å². The van der Waals surface area contributed by atoms with Gasteiger partial charge in [0.1, 0.15) is 6.04 Å². The molecule has 0 bridgehead atoms.